The maximum absolute atomic E-state index is 13.2. The zero-order chi connectivity index (χ0) is 31.1. The highest BCUT2D eigenvalue weighted by Crippen LogP contribution is 2.11. The topological polar surface area (TPSA) is 169 Å². The minimum Gasteiger partial charge on any atom is -0.480 e. The van der Waals surface area contributed by atoms with E-state index in [2.05, 4.69) is 10.0 Å². The number of esters is 2. The second kappa shape index (κ2) is 17.8. The van der Waals surface area contributed by atoms with Gasteiger partial charge in [-0.05, 0) is 59.9 Å². The first-order valence-electron chi connectivity index (χ1n) is 14.2. The van der Waals surface area contributed by atoms with Crippen LogP contribution in [0.25, 0.3) is 10.4 Å². The summed E-state index contributed by atoms with van der Waals surface area (Å²) in [5, 5.41) is 13.0. The second-order valence-corrected chi connectivity index (χ2v) is 12.2. The molecule has 1 heterocycles. The normalized spacial score (nSPS) is 17.1. The van der Waals surface area contributed by atoms with Gasteiger partial charge in [-0.15, -0.1) is 0 Å². The van der Waals surface area contributed by atoms with Crippen LogP contribution in [-0.2, 0) is 28.7 Å². The number of azide groups is 1. The minimum atomic E-state index is -0.966. The van der Waals surface area contributed by atoms with Gasteiger partial charge in [-0.1, -0.05) is 5.11 Å². The molecule has 0 atom stereocenters. The van der Waals surface area contributed by atoms with Gasteiger partial charge in [0.05, 0.1) is 19.6 Å². The molecule has 0 aromatic carbocycles. The van der Waals surface area contributed by atoms with Gasteiger partial charge in [0.2, 0.25) is 5.91 Å². The van der Waals surface area contributed by atoms with Gasteiger partial charge in [-0.3, -0.25) is 33.9 Å². The molecule has 41 heavy (non-hydrogen) atoms. The summed E-state index contributed by atoms with van der Waals surface area (Å²) in [7, 11) is 0. The quantitative estimate of drug-likeness (QED) is 0.125. The minimum absolute atomic E-state index is 0.0111. The summed E-state index contributed by atoms with van der Waals surface area (Å²) >= 11 is 0. The van der Waals surface area contributed by atoms with Crippen molar-refractivity contribution in [2.45, 2.75) is 72.0 Å². The number of unbranched alkanes of at least 4 members (excludes halogenated alkanes) is 1. The van der Waals surface area contributed by atoms with Crippen LogP contribution in [0.15, 0.2) is 5.11 Å². The molecule has 14 nitrogen and oxygen atoms in total. The van der Waals surface area contributed by atoms with E-state index in [0.29, 0.717) is 71.7 Å². The van der Waals surface area contributed by atoms with Gasteiger partial charge in [0, 0.05) is 70.2 Å². The Balaban J connectivity index is 3.10. The number of carboxylic acid groups (broad SMARTS) is 1. The van der Waals surface area contributed by atoms with Crippen molar-refractivity contribution in [3.8, 4) is 0 Å². The molecule has 0 aliphatic carbocycles. The third kappa shape index (κ3) is 18.2. The summed E-state index contributed by atoms with van der Waals surface area (Å²) in [6.07, 6.45) is 1.45. The summed E-state index contributed by atoms with van der Waals surface area (Å²) in [6.45, 7) is 13.9. The van der Waals surface area contributed by atoms with Crippen LogP contribution in [0.2, 0.25) is 0 Å². The Labute approximate surface area is 243 Å². The monoisotopic (exact) mass is 583 g/mol. The Kier molecular flexibility index (Phi) is 15.7. The number of hydrogen-bond donors (Lipinski definition) is 1. The van der Waals surface area contributed by atoms with Crippen LogP contribution in [0.4, 0.5) is 0 Å². The molecule has 14 heteroatoms. The third-order valence-electron chi connectivity index (χ3n) is 6.06. The molecule has 0 aromatic heterocycles. The zero-order valence-corrected chi connectivity index (χ0v) is 25.6. The van der Waals surface area contributed by atoms with Crippen molar-refractivity contribution >= 4 is 23.8 Å². The smallest absolute Gasteiger partial charge is 0.320 e. The average molecular weight is 584 g/mol. The lowest BCUT2D eigenvalue weighted by molar-refractivity contribution is -0.157. The van der Waals surface area contributed by atoms with Gasteiger partial charge in [-0.2, -0.15) is 0 Å². The van der Waals surface area contributed by atoms with Gasteiger partial charge in [0.25, 0.3) is 0 Å². The zero-order valence-electron chi connectivity index (χ0n) is 25.6. The standard InChI is InChI=1S/C27H49N7O7/c1-26(2,3)40-24(38)20-32-13-11-31(19-23(36)37)12-14-33(21-25(39)41-27(4,5)6)16-18-34(17-15-32)22(35)9-7-8-10-29-30-28/h7-21H2,1-6H3,(H,36,37). The largest absolute Gasteiger partial charge is 0.480 e. The molecule has 0 radical (unpaired) electrons. The fourth-order valence-corrected chi connectivity index (χ4v) is 4.23. The Morgan fingerprint density at radius 2 is 1.15 bits per heavy atom. The van der Waals surface area contributed by atoms with E-state index in [-0.39, 0.29) is 32.0 Å². The molecule has 1 saturated heterocycles. The molecular formula is C27H49N7O7. The maximum Gasteiger partial charge on any atom is 0.320 e. The number of carboxylic acids is 1. The highest BCUT2D eigenvalue weighted by atomic mass is 16.6. The van der Waals surface area contributed by atoms with Crippen LogP contribution in [0.1, 0.15) is 60.8 Å². The van der Waals surface area contributed by atoms with Crippen molar-refractivity contribution in [2.24, 2.45) is 5.11 Å². The summed E-state index contributed by atoms with van der Waals surface area (Å²) in [4.78, 5) is 60.0. The molecular weight excluding hydrogens is 534 g/mol. The van der Waals surface area contributed by atoms with Gasteiger partial charge in [0.1, 0.15) is 11.2 Å². The van der Waals surface area contributed by atoms with Crippen LogP contribution in [0.3, 0.4) is 0 Å². The lowest BCUT2D eigenvalue weighted by atomic mass is 10.2. The van der Waals surface area contributed by atoms with Gasteiger partial charge in [-0.25, -0.2) is 0 Å². The van der Waals surface area contributed by atoms with Crippen molar-refractivity contribution in [3.05, 3.63) is 10.4 Å². The van der Waals surface area contributed by atoms with E-state index in [9.17, 15) is 24.3 Å². The first-order chi connectivity index (χ1) is 19.1. The Hall–Kier alpha value is -2.93. The SMILES string of the molecule is CC(C)(C)OC(=O)CN1CCN(CC(=O)O)CCN(CC(=O)OC(C)(C)C)CCN(C(=O)CCCCN=[N+]=[N-])CC1. The second-order valence-electron chi connectivity index (χ2n) is 12.2. The Bertz CT molecular complexity index is 865. The Morgan fingerprint density at radius 1 is 0.732 bits per heavy atom. The van der Waals surface area contributed by atoms with E-state index in [1.54, 1.807) is 51.3 Å². The highest BCUT2D eigenvalue weighted by Gasteiger charge is 2.25. The third-order valence-corrected chi connectivity index (χ3v) is 6.06. The predicted molar refractivity (Wildman–Crippen MR) is 153 cm³/mol. The number of carbonyl (C=O) groups is 4. The number of hydrogen-bond acceptors (Lipinski definition) is 10. The molecule has 1 aliphatic heterocycles. The number of nitrogens with zero attached hydrogens (tertiary/aromatic N) is 7. The van der Waals surface area contributed by atoms with E-state index in [4.69, 9.17) is 15.0 Å². The number of ether oxygens (including phenoxy) is 2. The first-order valence-corrected chi connectivity index (χ1v) is 14.2. The molecule has 1 rings (SSSR count). The summed E-state index contributed by atoms with van der Waals surface area (Å²) < 4.78 is 11.0. The summed E-state index contributed by atoms with van der Waals surface area (Å²) in [5.74, 6) is -1.82. The Morgan fingerprint density at radius 3 is 1.54 bits per heavy atom. The average Bonchev–Trinajstić information content (AvgIpc) is 2.81. The number of aliphatic carboxylic acids is 1. The lowest BCUT2D eigenvalue weighted by Crippen LogP contribution is -2.50. The number of rotatable bonds is 11. The first kappa shape index (κ1) is 36.1. The number of amides is 1. The van der Waals surface area contributed by atoms with Crippen molar-refractivity contribution in [1.29, 1.82) is 0 Å². The van der Waals surface area contributed by atoms with Crippen molar-refractivity contribution in [2.75, 3.05) is 78.5 Å². The highest BCUT2D eigenvalue weighted by molar-refractivity contribution is 5.76. The fraction of sp³-hybridized carbons (Fsp3) is 0.852. The van der Waals surface area contributed by atoms with Crippen LogP contribution < -0.4 is 0 Å². The van der Waals surface area contributed by atoms with Crippen molar-refractivity contribution < 1.29 is 33.8 Å². The fourth-order valence-electron chi connectivity index (χ4n) is 4.23. The molecule has 1 aliphatic rings. The van der Waals surface area contributed by atoms with E-state index in [1.807, 2.05) is 9.80 Å². The van der Waals surface area contributed by atoms with Crippen LogP contribution in [0.5, 0.6) is 0 Å². The van der Waals surface area contributed by atoms with Gasteiger partial charge in [0.15, 0.2) is 0 Å². The van der Waals surface area contributed by atoms with Crippen LogP contribution in [0, 0.1) is 0 Å². The summed E-state index contributed by atoms with van der Waals surface area (Å²) in [6, 6.07) is 0. The van der Waals surface area contributed by atoms with Crippen molar-refractivity contribution in [1.82, 2.24) is 19.6 Å². The van der Waals surface area contributed by atoms with Crippen molar-refractivity contribution in [3.63, 3.8) is 0 Å². The molecule has 0 spiro atoms. The molecule has 234 valence electrons. The van der Waals surface area contributed by atoms with E-state index in [0.717, 1.165) is 0 Å². The molecule has 1 amide bonds. The van der Waals surface area contributed by atoms with E-state index in [1.165, 1.54) is 0 Å². The van der Waals surface area contributed by atoms with Crippen LogP contribution in [-0.4, -0.2) is 138 Å². The van der Waals surface area contributed by atoms with Gasteiger partial charge >= 0.3 is 17.9 Å². The maximum atomic E-state index is 13.2. The molecule has 0 unspecified atom stereocenters. The molecule has 1 fully saturated rings. The summed E-state index contributed by atoms with van der Waals surface area (Å²) in [5.41, 5.74) is 7.17. The molecule has 0 bridgehead atoms. The van der Waals surface area contributed by atoms with Gasteiger partial charge < -0.3 is 19.5 Å². The molecule has 1 N–H and O–H groups in total. The number of carbonyl (C=O) groups excluding carboxylic acids is 3. The lowest BCUT2D eigenvalue weighted by Gasteiger charge is -2.34. The molecule has 0 aromatic rings. The van der Waals surface area contributed by atoms with E-state index < -0.39 is 29.1 Å². The predicted octanol–water partition coefficient (Wildman–Crippen LogP) is 1.98. The van der Waals surface area contributed by atoms with Crippen LogP contribution >= 0.6 is 0 Å². The van der Waals surface area contributed by atoms with E-state index >= 15 is 0 Å². The molecule has 0 saturated carbocycles.